The Morgan fingerprint density at radius 1 is 0.935 bits per heavy atom. The molecule has 4 aromatic rings. The number of amides is 1. The number of methoxy groups -OCH3 is 1. The van der Waals surface area contributed by atoms with Crippen LogP contribution in [0.15, 0.2) is 83.7 Å². The van der Waals surface area contributed by atoms with Crippen LogP contribution in [0, 0.1) is 0 Å². The van der Waals surface area contributed by atoms with Gasteiger partial charge in [-0.05, 0) is 54.6 Å². The van der Waals surface area contributed by atoms with Gasteiger partial charge in [0, 0.05) is 28.0 Å². The normalized spacial score (nSPS) is 10.4. The van der Waals surface area contributed by atoms with Crippen molar-refractivity contribution in [3.8, 4) is 11.5 Å². The van der Waals surface area contributed by atoms with Crippen LogP contribution >= 0.6 is 11.3 Å². The summed E-state index contributed by atoms with van der Waals surface area (Å²) in [6, 6.07) is 22.5. The lowest BCUT2D eigenvalue weighted by Gasteiger charge is -2.12. The Bertz CT molecular complexity index is 1130. The zero-order valence-electron chi connectivity index (χ0n) is 16.9. The minimum Gasteiger partial charge on any atom is -0.493 e. The quantitative estimate of drug-likeness (QED) is 0.373. The first kappa shape index (κ1) is 20.4. The Labute approximate surface area is 184 Å². The van der Waals surface area contributed by atoms with Crippen LogP contribution in [0.5, 0.6) is 11.5 Å². The lowest BCUT2D eigenvalue weighted by Crippen LogP contribution is -2.12. The van der Waals surface area contributed by atoms with Gasteiger partial charge in [0.25, 0.3) is 5.91 Å². The van der Waals surface area contributed by atoms with Crippen LogP contribution in [0.2, 0.25) is 0 Å². The summed E-state index contributed by atoms with van der Waals surface area (Å²) in [5.74, 6) is 0.821. The standard InChI is InChI=1S/C24H21N3O3S/c1-29-23-13-17(7-12-22(23)30-14-21-15-31-16-25-21)24(28)27-20-10-8-19(9-11-20)26-18-5-3-2-4-6-18/h2-13,15-16,26H,14H2,1H3,(H,27,28). The number of anilines is 3. The van der Waals surface area contributed by atoms with Crippen molar-refractivity contribution in [3.05, 3.63) is 94.9 Å². The molecule has 0 aliphatic heterocycles. The Balaban J connectivity index is 1.39. The molecule has 0 fully saturated rings. The summed E-state index contributed by atoms with van der Waals surface area (Å²) in [6.07, 6.45) is 0. The molecular formula is C24H21N3O3S. The van der Waals surface area contributed by atoms with E-state index in [-0.39, 0.29) is 5.91 Å². The first-order chi connectivity index (χ1) is 15.2. The molecule has 156 valence electrons. The second-order valence-corrected chi connectivity index (χ2v) is 7.38. The Morgan fingerprint density at radius 2 is 1.68 bits per heavy atom. The number of rotatable bonds is 8. The smallest absolute Gasteiger partial charge is 0.255 e. The lowest BCUT2D eigenvalue weighted by atomic mass is 10.1. The van der Waals surface area contributed by atoms with Crippen LogP contribution in [0.3, 0.4) is 0 Å². The van der Waals surface area contributed by atoms with Crippen LogP contribution in [-0.2, 0) is 6.61 Å². The number of carbonyl (C=O) groups excluding carboxylic acids is 1. The van der Waals surface area contributed by atoms with E-state index in [1.54, 1.807) is 30.8 Å². The number of hydrogen-bond donors (Lipinski definition) is 2. The summed E-state index contributed by atoms with van der Waals surface area (Å²) in [5.41, 5.74) is 5.72. The van der Waals surface area contributed by atoms with Crippen LogP contribution in [0.4, 0.5) is 17.1 Å². The van der Waals surface area contributed by atoms with Crippen molar-refractivity contribution >= 4 is 34.3 Å². The van der Waals surface area contributed by atoms with E-state index in [9.17, 15) is 4.79 Å². The van der Waals surface area contributed by atoms with E-state index < -0.39 is 0 Å². The van der Waals surface area contributed by atoms with Crippen LogP contribution in [-0.4, -0.2) is 18.0 Å². The highest BCUT2D eigenvalue weighted by Crippen LogP contribution is 2.29. The molecule has 1 amide bonds. The molecule has 7 heteroatoms. The van der Waals surface area contributed by atoms with Crippen molar-refractivity contribution < 1.29 is 14.3 Å². The van der Waals surface area contributed by atoms with Gasteiger partial charge in [0.1, 0.15) is 6.61 Å². The highest BCUT2D eigenvalue weighted by atomic mass is 32.1. The number of nitrogens with one attached hydrogen (secondary N) is 2. The zero-order chi connectivity index (χ0) is 21.5. The van der Waals surface area contributed by atoms with Crippen molar-refractivity contribution in [2.24, 2.45) is 0 Å². The number of ether oxygens (including phenoxy) is 2. The number of hydrogen-bond acceptors (Lipinski definition) is 6. The average Bonchev–Trinajstić information content (AvgIpc) is 3.33. The van der Waals surface area contributed by atoms with Gasteiger partial charge in [0.15, 0.2) is 11.5 Å². The maximum absolute atomic E-state index is 12.7. The molecule has 31 heavy (non-hydrogen) atoms. The van der Waals surface area contributed by atoms with Crippen LogP contribution in [0.1, 0.15) is 16.1 Å². The fourth-order valence-electron chi connectivity index (χ4n) is 2.92. The number of para-hydroxylation sites is 1. The van der Waals surface area contributed by atoms with Crippen molar-refractivity contribution in [2.45, 2.75) is 6.61 Å². The molecule has 6 nitrogen and oxygen atoms in total. The monoisotopic (exact) mass is 431 g/mol. The van der Waals surface area contributed by atoms with E-state index in [0.29, 0.717) is 29.4 Å². The first-order valence-corrected chi connectivity index (χ1v) is 10.6. The lowest BCUT2D eigenvalue weighted by molar-refractivity contribution is 0.102. The third-order valence-electron chi connectivity index (χ3n) is 4.49. The predicted molar refractivity (Wildman–Crippen MR) is 124 cm³/mol. The van der Waals surface area contributed by atoms with Gasteiger partial charge in [0.05, 0.1) is 18.3 Å². The summed E-state index contributed by atoms with van der Waals surface area (Å²) < 4.78 is 11.2. The zero-order valence-corrected chi connectivity index (χ0v) is 17.7. The molecule has 0 unspecified atom stereocenters. The average molecular weight is 432 g/mol. The Hall–Kier alpha value is -3.84. The molecule has 0 aliphatic carbocycles. The molecule has 0 atom stereocenters. The number of carbonyl (C=O) groups is 1. The fraction of sp³-hybridized carbons (Fsp3) is 0.0833. The van der Waals surface area contributed by atoms with E-state index >= 15 is 0 Å². The number of nitrogens with zero attached hydrogens (tertiary/aromatic N) is 1. The van der Waals surface area contributed by atoms with E-state index in [1.807, 2.05) is 60.0 Å². The maximum atomic E-state index is 12.7. The van der Waals surface area contributed by atoms with E-state index in [4.69, 9.17) is 9.47 Å². The highest BCUT2D eigenvalue weighted by molar-refractivity contribution is 7.07. The second-order valence-electron chi connectivity index (χ2n) is 6.66. The molecule has 0 aliphatic rings. The molecule has 0 bridgehead atoms. The van der Waals surface area contributed by atoms with Gasteiger partial charge in [-0.3, -0.25) is 4.79 Å². The Morgan fingerprint density at radius 3 is 2.39 bits per heavy atom. The van der Waals surface area contributed by atoms with E-state index in [2.05, 4.69) is 15.6 Å². The van der Waals surface area contributed by atoms with Gasteiger partial charge in [-0.15, -0.1) is 11.3 Å². The molecule has 2 N–H and O–H groups in total. The Kier molecular flexibility index (Phi) is 6.44. The molecule has 0 radical (unpaired) electrons. The summed E-state index contributed by atoms with van der Waals surface area (Å²) >= 11 is 1.51. The first-order valence-electron chi connectivity index (χ1n) is 9.62. The maximum Gasteiger partial charge on any atom is 0.255 e. The van der Waals surface area contributed by atoms with Crippen molar-refractivity contribution in [2.75, 3.05) is 17.7 Å². The molecule has 1 aromatic heterocycles. The minimum atomic E-state index is -0.229. The van der Waals surface area contributed by atoms with Crippen molar-refractivity contribution in [1.82, 2.24) is 4.98 Å². The van der Waals surface area contributed by atoms with Crippen LogP contribution < -0.4 is 20.1 Å². The van der Waals surface area contributed by atoms with Gasteiger partial charge in [0.2, 0.25) is 0 Å². The van der Waals surface area contributed by atoms with Gasteiger partial charge in [-0.2, -0.15) is 0 Å². The molecule has 0 saturated heterocycles. The van der Waals surface area contributed by atoms with E-state index in [1.165, 1.54) is 11.3 Å². The molecule has 4 rings (SSSR count). The van der Waals surface area contributed by atoms with Gasteiger partial charge >= 0.3 is 0 Å². The number of aromatic nitrogens is 1. The van der Waals surface area contributed by atoms with Gasteiger partial charge in [-0.25, -0.2) is 4.98 Å². The van der Waals surface area contributed by atoms with Gasteiger partial charge in [-0.1, -0.05) is 18.2 Å². The fourth-order valence-corrected chi connectivity index (χ4v) is 3.46. The molecular weight excluding hydrogens is 410 g/mol. The molecule has 3 aromatic carbocycles. The van der Waals surface area contributed by atoms with Crippen molar-refractivity contribution in [3.63, 3.8) is 0 Å². The van der Waals surface area contributed by atoms with Gasteiger partial charge < -0.3 is 20.1 Å². The highest BCUT2D eigenvalue weighted by Gasteiger charge is 2.12. The molecule has 1 heterocycles. The minimum absolute atomic E-state index is 0.229. The predicted octanol–water partition coefficient (Wildman–Crippen LogP) is 5.73. The number of benzene rings is 3. The third kappa shape index (κ3) is 5.40. The largest absolute Gasteiger partial charge is 0.493 e. The molecule has 0 saturated carbocycles. The van der Waals surface area contributed by atoms with Crippen molar-refractivity contribution in [1.29, 1.82) is 0 Å². The number of thiazole rings is 1. The summed E-state index contributed by atoms with van der Waals surface area (Å²) in [4.78, 5) is 16.9. The second kappa shape index (κ2) is 9.77. The third-order valence-corrected chi connectivity index (χ3v) is 5.13. The summed E-state index contributed by atoms with van der Waals surface area (Å²) in [6.45, 7) is 0.342. The van der Waals surface area contributed by atoms with E-state index in [0.717, 1.165) is 17.1 Å². The summed E-state index contributed by atoms with van der Waals surface area (Å²) in [5, 5.41) is 8.14. The summed E-state index contributed by atoms with van der Waals surface area (Å²) in [7, 11) is 1.55. The molecule has 0 spiro atoms. The SMILES string of the molecule is COc1cc(C(=O)Nc2ccc(Nc3ccccc3)cc2)ccc1OCc1cscn1. The van der Waals surface area contributed by atoms with Crippen LogP contribution in [0.25, 0.3) is 0 Å². The topological polar surface area (TPSA) is 72.5 Å².